The number of nitrogens with one attached hydrogen (secondary N) is 1. The monoisotopic (exact) mass is 420 g/mol. The Morgan fingerprint density at radius 1 is 1.07 bits per heavy atom. The summed E-state index contributed by atoms with van der Waals surface area (Å²) in [7, 11) is 0. The highest BCUT2D eigenvalue weighted by Crippen LogP contribution is 2.18. The molecule has 2 saturated heterocycles. The molecule has 0 spiro atoms. The summed E-state index contributed by atoms with van der Waals surface area (Å²) in [6.45, 7) is 9.77. The van der Waals surface area contributed by atoms with E-state index in [0.717, 1.165) is 38.9 Å². The first-order chi connectivity index (χ1) is 13.9. The van der Waals surface area contributed by atoms with Crippen LogP contribution in [-0.2, 0) is 4.79 Å². The van der Waals surface area contributed by atoms with Gasteiger partial charge in [-0.15, -0.1) is 0 Å². The fraction of sp³-hybridized carbons (Fsp3) is 0.636. The molecule has 2 heterocycles. The summed E-state index contributed by atoms with van der Waals surface area (Å²) in [5, 5.41) is 3.70. The molecule has 0 aromatic heterocycles. The zero-order chi connectivity index (χ0) is 20.8. The van der Waals surface area contributed by atoms with Gasteiger partial charge in [-0.1, -0.05) is 23.7 Å². The Kier molecular flexibility index (Phi) is 7.92. The summed E-state index contributed by atoms with van der Waals surface area (Å²) in [5.74, 6) is 0.0673. The highest BCUT2D eigenvalue weighted by atomic mass is 35.5. The van der Waals surface area contributed by atoms with E-state index in [1.807, 2.05) is 17.0 Å². The van der Waals surface area contributed by atoms with Crippen LogP contribution < -0.4 is 5.32 Å². The van der Waals surface area contributed by atoms with E-state index in [1.165, 1.54) is 0 Å². The first kappa shape index (κ1) is 22.1. The number of amides is 2. The minimum atomic E-state index is -0.0289. The van der Waals surface area contributed by atoms with Crippen LogP contribution in [-0.4, -0.2) is 84.4 Å². The third kappa shape index (κ3) is 6.17. The Morgan fingerprint density at radius 3 is 2.48 bits per heavy atom. The molecule has 160 valence electrons. The van der Waals surface area contributed by atoms with Gasteiger partial charge in [-0.05, 0) is 45.2 Å². The Hall–Kier alpha value is -1.63. The van der Waals surface area contributed by atoms with Crippen molar-refractivity contribution in [2.24, 2.45) is 0 Å². The van der Waals surface area contributed by atoms with Gasteiger partial charge in [0.05, 0.1) is 17.1 Å². The summed E-state index contributed by atoms with van der Waals surface area (Å²) in [4.78, 5) is 31.8. The van der Waals surface area contributed by atoms with Crippen LogP contribution in [0.5, 0.6) is 0 Å². The molecular formula is C22H33ClN4O2. The van der Waals surface area contributed by atoms with Crippen LogP contribution in [0.25, 0.3) is 0 Å². The van der Waals surface area contributed by atoms with Gasteiger partial charge >= 0.3 is 0 Å². The molecule has 1 N–H and O–H groups in total. The second-order valence-electron chi connectivity index (χ2n) is 8.37. The number of benzene rings is 1. The van der Waals surface area contributed by atoms with Crippen LogP contribution in [0.2, 0.25) is 5.02 Å². The van der Waals surface area contributed by atoms with Crippen LogP contribution in [0.15, 0.2) is 24.3 Å². The second-order valence-corrected chi connectivity index (χ2v) is 8.78. The number of carbonyl (C=O) groups is 2. The maximum Gasteiger partial charge on any atom is 0.255 e. The molecule has 29 heavy (non-hydrogen) atoms. The van der Waals surface area contributed by atoms with Crippen LogP contribution in [0, 0.1) is 0 Å². The van der Waals surface area contributed by atoms with Crippen molar-refractivity contribution in [2.75, 3.05) is 45.8 Å². The van der Waals surface area contributed by atoms with Gasteiger partial charge < -0.3 is 15.1 Å². The summed E-state index contributed by atoms with van der Waals surface area (Å²) in [6.07, 6.45) is 2.89. The maximum atomic E-state index is 12.8. The van der Waals surface area contributed by atoms with E-state index in [0.29, 0.717) is 42.8 Å². The fourth-order valence-corrected chi connectivity index (χ4v) is 4.39. The van der Waals surface area contributed by atoms with E-state index in [9.17, 15) is 9.59 Å². The van der Waals surface area contributed by atoms with Crippen LogP contribution in [0.1, 0.15) is 43.5 Å². The molecule has 2 aliphatic heterocycles. The van der Waals surface area contributed by atoms with Gasteiger partial charge in [0, 0.05) is 51.4 Å². The summed E-state index contributed by atoms with van der Waals surface area (Å²) in [5.41, 5.74) is 0.549. The van der Waals surface area contributed by atoms with E-state index in [2.05, 4.69) is 29.0 Å². The molecule has 0 unspecified atom stereocenters. The summed E-state index contributed by atoms with van der Waals surface area (Å²) in [6, 6.07) is 8.02. The molecule has 0 bridgehead atoms. The molecule has 0 radical (unpaired) electrons. The van der Waals surface area contributed by atoms with Gasteiger partial charge in [0.25, 0.3) is 5.91 Å². The molecule has 1 aromatic carbocycles. The minimum Gasteiger partial charge on any atom is -0.352 e. The van der Waals surface area contributed by atoms with E-state index in [1.54, 1.807) is 12.1 Å². The molecule has 2 amide bonds. The predicted octanol–water partition coefficient (Wildman–Crippen LogP) is 2.48. The molecule has 0 saturated carbocycles. The fourth-order valence-electron chi connectivity index (χ4n) is 4.17. The minimum absolute atomic E-state index is 0.0289. The Balaban J connectivity index is 1.44. The van der Waals surface area contributed by atoms with Crippen molar-refractivity contribution >= 4 is 23.4 Å². The second kappa shape index (κ2) is 10.4. The van der Waals surface area contributed by atoms with Gasteiger partial charge in [-0.25, -0.2) is 0 Å². The van der Waals surface area contributed by atoms with Crippen LogP contribution in [0.4, 0.5) is 0 Å². The highest BCUT2D eigenvalue weighted by Gasteiger charge is 2.25. The van der Waals surface area contributed by atoms with E-state index < -0.39 is 0 Å². The zero-order valence-corrected chi connectivity index (χ0v) is 18.3. The number of hydrogen-bond acceptors (Lipinski definition) is 4. The largest absolute Gasteiger partial charge is 0.352 e. The lowest BCUT2D eigenvalue weighted by atomic mass is 10.0. The van der Waals surface area contributed by atoms with E-state index in [-0.39, 0.29) is 17.9 Å². The number of hydrogen-bond donors (Lipinski definition) is 1. The smallest absolute Gasteiger partial charge is 0.255 e. The quantitative estimate of drug-likeness (QED) is 0.795. The maximum absolute atomic E-state index is 12.8. The molecule has 6 nitrogen and oxygen atoms in total. The molecular weight excluding hydrogens is 388 g/mol. The van der Waals surface area contributed by atoms with Crippen molar-refractivity contribution in [3.63, 3.8) is 0 Å². The van der Waals surface area contributed by atoms with Crippen molar-refractivity contribution in [1.29, 1.82) is 0 Å². The average molecular weight is 421 g/mol. The molecule has 0 aliphatic carbocycles. The SMILES string of the molecule is CC(C)N1CCC(NC(=O)CN2CCCN(C(=O)c3ccccc3Cl)CC2)CC1. The van der Waals surface area contributed by atoms with Gasteiger partial charge in [0.1, 0.15) is 0 Å². The Morgan fingerprint density at radius 2 is 1.79 bits per heavy atom. The van der Waals surface area contributed by atoms with Crippen molar-refractivity contribution < 1.29 is 9.59 Å². The molecule has 1 aromatic rings. The number of likely N-dealkylation sites (tertiary alicyclic amines) is 1. The van der Waals surface area contributed by atoms with Crippen molar-refractivity contribution in [3.05, 3.63) is 34.9 Å². The molecule has 7 heteroatoms. The number of nitrogens with zero attached hydrogens (tertiary/aromatic N) is 3. The first-order valence-corrected chi connectivity index (χ1v) is 11.1. The van der Waals surface area contributed by atoms with Gasteiger partial charge in [0.2, 0.25) is 5.91 Å². The van der Waals surface area contributed by atoms with Gasteiger partial charge in [0.15, 0.2) is 0 Å². The van der Waals surface area contributed by atoms with Gasteiger partial charge in [-0.3, -0.25) is 14.5 Å². The molecule has 2 aliphatic rings. The number of halogens is 1. The zero-order valence-electron chi connectivity index (χ0n) is 17.6. The van der Waals surface area contributed by atoms with Crippen LogP contribution >= 0.6 is 11.6 Å². The highest BCUT2D eigenvalue weighted by molar-refractivity contribution is 6.33. The number of rotatable bonds is 5. The first-order valence-electron chi connectivity index (χ1n) is 10.7. The molecule has 2 fully saturated rings. The third-order valence-electron chi connectivity index (χ3n) is 5.97. The number of piperidine rings is 1. The third-order valence-corrected chi connectivity index (χ3v) is 6.30. The van der Waals surface area contributed by atoms with Crippen molar-refractivity contribution in [2.45, 2.75) is 45.2 Å². The lowest BCUT2D eigenvalue weighted by Crippen LogP contribution is -2.49. The summed E-state index contributed by atoms with van der Waals surface area (Å²) >= 11 is 6.18. The van der Waals surface area contributed by atoms with E-state index >= 15 is 0 Å². The topological polar surface area (TPSA) is 55.9 Å². The Labute approximate surface area is 179 Å². The van der Waals surface area contributed by atoms with E-state index in [4.69, 9.17) is 11.6 Å². The number of carbonyl (C=O) groups excluding carboxylic acids is 2. The van der Waals surface area contributed by atoms with Crippen molar-refractivity contribution in [1.82, 2.24) is 20.0 Å². The van der Waals surface area contributed by atoms with Gasteiger partial charge in [-0.2, -0.15) is 0 Å². The lowest BCUT2D eigenvalue weighted by Gasteiger charge is -2.35. The predicted molar refractivity (Wildman–Crippen MR) is 116 cm³/mol. The normalized spacial score (nSPS) is 19.9. The Bertz CT molecular complexity index is 704. The molecule has 3 rings (SSSR count). The molecule has 0 atom stereocenters. The average Bonchev–Trinajstić information content (AvgIpc) is 2.94. The lowest BCUT2D eigenvalue weighted by molar-refractivity contribution is -0.123. The van der Waals surface area contributed by atoms with Crippen LogP contribution in [0.3, 0.4) is 0 Å². The standard InChI is InChI=1S/C22H33ClN4O2/c1-17(2)26-12-8-18(9-13-26)24-21(28)16-25-10-5-11-27(15-14-25)22(29)19-6-3-4-7-20(19)23/h3-4,6-7,17-18H,5,8-16H2,1-2H3,(H,24,28). The summed E-state index contributed by atoms with van der Waals surface area (Å²) < 4.78 is 0. The van der Waals surface area contributed by atoms with Crippen molar-refractivity contribution in [3.8, 4) is 0 Å².